The molecule has 0 radical (unpaired) electrons. The zero-order valence-corrected chi connectivity index (χ0v) is 71.8. The molecule has 131 heavy (non-hydrogen) atoms. The van der Waals surface area contributed by atoms with E-state index in [2.05, 4.69) is 152 Å². The van der Waals surface area contributed by atoms with Crippen molar-refractivity contribution in [2.75, 3.05) is 143 Å². The molecule has 8 aromatic heterocycles. The predicted octanol–water partition coefficient (Wildman–Crippen LogP) is 15.6. The number of anilines is 8. The highest BCUT2D eigenvalue weighted by Gasteiger charge is 2.25. The molecule has 17 N–H and O–H groups in total. The van der Waals surface area contributed by atoms with Gasteiger partial charge in [-0.25, -0.2) is 43.1 Å². The number of nitrogens with one attached hydrogen (secondary N) is 15. The van der Waals surface area contributed by atoms with Gasteiger partial charge >= 0.3 is 18.1 Å². The van der Waals surface area contributed by atoms with Gasteiger partial charge in [-0.15, -0.1) is 0 Å². The number of imidazole rings is 4. The molecule has 3 fully saturated rings. The summed E-state index contributed by atoms with van der Waals surface area (Å²) in [6, 6.07) is 49.4. The van der Waals surface area contributed by atoms with Gasteiger partial charge in [0.05, 0.1) is 158 Å². The number of methoxy groups -OCH3 is 2. The molecular weight excluding hydrogens is 1700 g/mol. The van der Waals surface area contributed by atoms with Gasteiger partial charge in [0.25, 0.3) is 5.91 Å². The number of hydrogen-bond donors (Lipinski definition) is 16. The van der Waals surface area contributed by atoms with E-state index in [9.17, 15) is 28.0 Å². The highest BCUT2D eigenvalue weighted by Crippen LogP contribution is 2.37. The molecule has 0 saturated carbocycles. The first-order valence-corrected chi connectivity index (χ1v) is 42.2. The van der Waals surface area contributed by atoms with Crippen molar-refractivity contribution in [3.8, 4) is 63.3 Å². The molecule has 0 unspecified atom stereocenters. The van der Waals surface area contributed by atoms with E-state index in [4.69, 9.17) is 50.7 Å². The molecule has 0 aliphatic carbocycles. The van der Waals surface area contributed by atoms with Crippen LogP contribution in [0.2, 0.25) is 5.02 Å². The number of rotatable bonds is 22. The van der Waals surface area contributed by atoms with Crippen LogP contribution in [0, 0.1) is 11.6 Å². The van der Waals surface area contributed by atoms with Crippen LogP contribution >= 0.6 is 11.6 Å². The SMILES string of the molecule is CCOc1cc(N)ccc1C(=O)Nc1cn[nH]c1-c1nc2cc(OC)c(OC)cc2[nH]1.O=C(Nc1ccc(Cl)cc1)Nc1cn[nH]c1-c1nc2ccc(CN3CCOCC3)cc2[nH]1.O=C(Nc1ccc2ccccc2c1)Nc1cn[nH]c1-c1nc2ccc(CN3CCOCC3)cc2[nH]1.O=C(Nc1cn[nH]c1-c1nc2ccc(CN3CCOCC3)cc2[nH]1)Nc1c(F)cccc1F. The van der Waals surface area contributed by atoms with Crippen LogP contribution in [0.25, 0.3) is 101 Å². The van der Waals surface area contributed by atoms with Gasteiger partial charge in [-0.3, -0.25) is 39.9 Å². The van der Waals surface area contributed by atoms with Crippen molar-refractivity contribution in [1.29, 1.82) is 0 Å². The smallest absolute Gasteiger partial charge is 0.323 e. The minimum Gasteiger partial charge on any atom is -0.493 e. The third-order valence-corrected chi connectivity index (χ3v) is 21.8. The summed E-state index contributed by atoms with van der Waals surface area (Å²) in [5.74, 6) is 1.64. The van der Waals surface area contributed by atoms with E-state index in [0.717, 1.165) is 166 Å². The Kier molecular flexibility index (Phi) is 27.1. The molecule has 20 rings (SSSR count). The van der Waals surface area contributed by atoms with Gasteiger partial charge in [-0.1, -0.05) is 66.2 Å². The van der Waals surface area contributed by atoms with Crippen LogP contribution in [0.4, 0.5) is 68.7 Å². The summed E-state index contributed by atoms with van der Waals surface area (Å²) in [5.41, 5.74) is 21.7. The van der Waals surface area contributed by atoms with E-state index in [1.807, 2.05) is 79.7 Å². The molecule has 3 saturated heterocycles. The Balaban J connectivity index is 0.000000122. The zero-order chi connectivity index (χ0) is 90.3. The maximum Gasteiger partial charge on any atom is 0.323 e. The van der Waals surface area contributed by atoms with Crippen LogP contribution in [-0.4, -0.2) is 219 Å². The first-order valence-electron chi connectivity index (χ1n) is 41.8. The Bertz CT molecular complexity index is 6840. The normalized spacial score (nSPS) is 13.6. The highest BCUT2D eigenvalue weighted by atomic mass is 35.5. The summed E-state index contributed by atoms with van der Waals surface area (Å²) >= 11 is 5.89. The summed E-state index contributed by atoms with van der Waals surface area (Å²) in [5, 5.41) is 49.4. The topological polar surface area (TPSA) is 473 Å². The molecule has 3 aliphatic rings. The van der Waals surface area contributed by atoms with Crippen molar-refractivity contribution in [1.82, 2.24) is 95.4 Å². The molecule has 0 bridgehead atoms. The van der Waals surface area contributed by atoms with E-state index >= 15 is 0 Å². The summed E-state index contributed by atoms with van der Waals surface area (Å²) in [6.45, 7) is 14.9. The van der Waals surface area contributed by atoms with Crippen molar-refractivity contribution >= 4 is 136 Å². The Labute approximate surface area is 750 Å². The van der Waals surface area contributed by atoms with Crippen LogP contribution in [0.15, 0.2) is 195 Å². The average molecular weight is 1800 g/mol. The summed E-state index contributed by atoms with van der Waals surface area (Å²) in [7, 11) is 3.13. The lowest BCUT2D eigenvalue weighted by Gasteiger charge is -2.26. The van der Waals surface area contributed by atoms with Crippen molar-refractivity contribution < 1.29 is 56.4 Å². The van der Waals surface area contributed by atoms with Gasteiger partial charge in [0.15, 0.2) is 34.8 Å². The molecule has 670 valence electrons. The minimum absolute atomic E-state index is 0.303. The lowest BCUT2D eigenvalue weighted by Crippen LogP contribution is -2.35. The molecule has 0 spiro atoms. The number of carbonyl (C=O) groups excluding carboxylic acids is 4. The zero-order valence-electron chi connectivity index (χ0n) is 71.0. The monoisotopic (exact) mass is 1790 g/mol. The van der Waals surface area contributed by atoms with E-state index < -0.39 is 23.4 Å². The summed E-state index contributed by atoms with van der Waals surface area (Å²) in [6.07, 6.45) is 6.03. The first-order chi connectivity index (χ1) is 63.9. The quantitative estimate of drug-likeness (QED) is 0.0280. The maximum absolute atomic E-state index is 13.8. The molecule has 3 aliphatic heterocycles. The van der Waals surface area contributed by atoms with Gasteiger partial charge in [0.2, 0.25) is 0 Å². The van der Waals surface area contributed by atoms with Gasteiger partial charge < -0.3 is 91.3 Å². The van der Waals surface area contributed by atoms with Crippen molar-refractivity contribution in [3.05, 3.63) is 234 Å². The minimum atomic E-state index is -0.872. The Morgan fingerprint density at radius 2 is 0.824 bits per heavy atom. The van der Waals surface area contributed by atoms with Crippen molar-refractivity contribution in [3.63, 3.8) is 0 Å². The van der Waals surface area contributed by atoms with E-state index in [-0.39, 0.29) is 18.0 Å². The number of urea groups is 3. The Morgan fingerprint density at radius 1 is 0.420 bits per heavy atom. The predicted molar refractivity (Wildman–Crippen MR) is 496 cm³/mol. The standard InChI is InChI=1S/C26H25N7O2.C22H22ClN7O2.C22H21F2N7O2.C21H22N6O4/c34-26(28-20-7-6-18-3-1-2-4-19(18)14-20)31-23-15-27-32-24(23)25-29-21-8-5-17(13-22(21)30-25)16-33-9-11-35-12-10-33;23-15-2-4-16(5-3-15)25-22(31)28-19-12-24-29-20(19)21-26-17-6-1-14(11-18(17)27-21)13-30-7-9-32-10-8-30;23-14-2-1-3-15(24)19(14)29-22(32)28-18-11-25-30-20(18)21-26-16-5-4-13(10-17(16)27-21)12-31-6-8-33-9-7-31;1-4-31-16-7-11(22)5-6-12(16)21(28)26-15-10-23-27-19(15)20-24-13-8-17(29-2)18(30-3)9-14(13)25-20/h1-8,13-15H,9-12,16H2,(H,27,32)(H,29,30)(H2,28,31,34);1-6,11-12H,7-10,13H2,(H,24,29)(H,26,27)(H2,25,28,31);1-5,10-11H,6-9,12H2,(H,25,30)(H,26,27)(H2,28,29,32);5-10H,4,22H2,1-3H3,(H,23,27)(H,24,25)(H,26,28). The van der Waals surface area contributed by atoms with E-state index in [1.165, 1.54) is 29.6 Å². The Hall–Kier alpha value is -15.7. The molecule has 17 aromatic rings. The van der Waals surface area contributed by atoms with Crippen LogP contribution in [-0.2, 0) is 33.8 Å². The molecule has 37 nitrogen and oxygen atoms in total. The second kappa shape index (κ2) is 40.5. The van der Waals surface area contributed by atoms with Crippen LogP contribution in [0.5, 0.6) is 17.2 Å². The average Bonchev–Trinajstić information content (AvgIpc) is 1.66. The Morgan fingerprint density at radius 3 is 1.27 bits per heavy atom. The van der Waals surface area contributed by atoms with Crippen LogP contribution in [0.3, 0.4) is 0 Å². The number of H-pyrrole nitrogens is 8. The molecule has 0 atom stereocenters. The fourth-order valence-corrected chi connectivity index (χ4v) is 15.1. The van der Waals surface area contributed by atoms with Crippen LogP contribution < -0.4 is 57.2 Å². The number of morpholine rings is 3. The highest BCUT2D eigenvalue weighted by molar-refractivity contribution is 6.30. The number of carbonyl (C=O) groups is 4. The number of amides is 7. The number of hydrogen-bond acceptors (Lipinski definition) is 22. The van der Waals surface area contributed by atoms with Gasteiger partial charge in [0, 0.05) is 99.2 Å². The fraction of sp³-hybridized carbons (Fsp3) is 0.209. The second-order valence-electron chi connectivity index (χ2n) is 30.5. The lowest BCUT2D eigenvalue weighted by molar-refractivity contribution is 0.0341. The third-order valence-electron chi connectivity index (χ3n) is 21.5. The number of nitrogens with two attached hydrogens (primary N) is 1. The van der Waals surface area contributed by atoms with Crippen LogP contribution in [0.1, 0.15) is 34.0 Å². The molecule has 40 heteroatoms. The molecule has 11 heterocycles. The largest absolute Gasteiger partial charge is 0.493 e. The van der Waals surface area contributed by atoms with Gasteiger partial charge in [-0.2, -0.15) is 20.4 Å². The number of nitrogens with zero attached hydrogens (tertiary/aromatic N) is 11. The summed E-state index contributed by atoms with van der Waals surface area (Å²) in [4.78, 5) is 89.1. The van der Waals surface area contributed by atoms with E-state index in [1.54, 1.807) is 81.2 Å². The maximum atomic E-state index is 13.8. The fourth-order valence-electron chi connectivity index (χ4n) is 15.0. The van der Waals surface area contributed by atoms with E-state index in [0.29, 0.717) is 126 Å². The van der Waals surface area contributed by atoms with Gasteiger partial charge in [-0.05, 0) is 131 Å². The third kappa shape index (κ3) is 21.5. The lowest BCUT2D eigenvalue weighted by atomic mass is 10.1. The summed E-state index contributed by atoms with van der Waals surface area (Å²) < 4.78 is 60.1. The van der Waals surface area contributed by atoms with Crippen molar-refractivity contribution in [2.45, 2.75) is 26.6 Å². The number of halogens is 3. The van der Waals surface area contributed by atoms with Gasteiger partial charge in [0.1, 0.15) is 45.8 Å². The molecular formula is C91H90ClF2N27O10. The molecule has 9 aromatic carbocycles. The first kappa shape index (κ1) is 87.4. The number of benzene rings is 9. The number of nitrogen functional groups attached to an aromatic ring is 1. The molecule has 7 amide bonds. The number of fused-ring (bicyclic) bond motifs is 5. The number of aromatic amines is 8. The second-order valence-corrected chi connectivity index (χ2v) is 30.9. The number of aromatic nitrogens is 16. The number of ether oxygens (including phenoxy) is 6. The van der Waals surface area contributed by atoms with Crippen molar-refractivity contribution in [2.24, 2.45) is 0 Å². The number of para-hydroxylation sites is 1.